The predicted molar refractivity (Wildman–Crippen MR) is 76.2 cm³/mol. The molecule has 19 heavy (non-hydrogen) atoms. The lowest BCUT2D eigenvalue weighted by molar-refractivity contribution is 0.0920. The fourth-order valence-electron chi connectivity index (χ4n) is 1.85. The standard InChI is InChI=1S/C15H18N2O2/c16-7-9-19-10-8-17-15(18)14-6-5-12-3-1-2-4-13(12)11-14/h1-6,11H,7-10,16H2,(H,17,18). The van der Waals surface area contributed by atoms with Crippen LogP contribution in [0, 0.1) is 0 Å². The van der Waals surface area contributed by atoms with Gasteiger partial charge in [-0.25, -0.2) is 0 Å². The molecular formula is C15H18N2O2. The highest BCUT2D eigenvalue weighted by atomic mass is 16.5. The van der Waals surface area contributed by atoms with Gasteiger partial charge in [0.1, 0.15) is 0 Å². The third-order valence-corrected chi connectivity index (χ3v) is 2.81. The van der Waals surface area contributed by atoms with E-state index in [1.807, 2.05) is 42.5 Å². The van der Waals surface area contributed by atoms with Crippen molar-refractivity contribution in [3.8, 4) is 0 Å². The van der Waals surface area contributed by atoms with Gasteiger partial charge in [-0.3, -0.25) is 4.79 Å². The van der Waals surface area contributed by atoms with Gasteiger partial charge in [0, 0.05) is 18.7 Å². The number of hydrogen-bond donors (Lipinski definition) is 2. The second-order valence-corrected chi connectivity index (χ2v) is 4.22. The van der Waals surface area contributed by atoms with Crippen molar-refractivity contribution in [1.29, 1.82) is 0 Å². The molecule has 1 amide bonds. The summed E-state index contributed by atoms with van der Waals surface area (Å²) in [7, 11) is 0. The molecule has 0 aromatic heterocycles. The van der Waals surface area contributed by atoms with Crippen LogP contribution in [-0.4, -0.2) is 32.2 Å². The van der Waals surface area contributed by atoms with Gasteiger partial charge >= 0.3 is 0 Å². The van der Waals surface area contributed by atoms with Gasteiger partial charge in [-0.2, -0.15) is 0 Å². The molecule has 0 fully saturated rings. The van der Waals surface area contributed by atoms with Crippen LogP contribution in [-0.2, 0) is 4.74 Å². The molecule has 0 radical (unpaired) electrons. The summed E-state index contributed by atoms with van der Waals surface area (Å²) in [6.45, 7) is 1.99. The predicted octanol–water partition coefficient (Wildman–Crippen LogP) is 1.54. The van der Waals surface area contributed by atoms with E-state index in [0.717, 1.165) is 10.8 Å². The fourth-order valence-corrected chi connectivity index (χ4v) is 1.85. The van der Waals surface area contributed by atoms with Gasteiger partial charge < -0.3 is 15.8 Å². The Balaban J connectivity index is 1.93. The first-order valence-electron chi connectivity index (χ1n) is 6.36. The zero-order valence-electron chi connectivity index (χ0n) is 10.8. The monoisotopic (exact) mass is 258 g/mol. The average Bonchev–Trinajstić information content (AvgIpc) is 2.46. The molecule has 0 aliphatic carbocycles. The van der Waals surface area contributed by atoms with Crippen molar-refractivity contribution >= 4 is 16.7 Å². The minimum absolute atomic E-state index is 0.0814. The third kappa shape index (κ3) is 3.77. The van der Waals surface area contributed by atoms with Gasteiger partial charge in [0.2, 0.25) is 0 Å². The maximum atomic E-state index is 11.9. The molecule has 100 valence electrons. The van der Waals surface area contributed by atoms with Gasteiger partial charge in [0.25, 0.3) is 5.91 Å². The number of benzene rings is 2. The van der Waals surface area contributed by atoms with E-state index in [1.54, 1.807) is 0 Å². The van der Waals surface area contributed by atoms with Gasteiger partial charge in [0.05, 0.1) is 13.2 Å². The van der Waals surface area contributed by atoms with Crippen molar-refractivity contribution in [2.75, 3.05) is 26.3 Å². The van der Waals surface area contributed by atoms with Crippen LogP contribution in [0.5, 0.6) is 0 Å². The molecule has 0 bridgehead atoms. The van der Waals surface area contributed by atoms with Crippen LogP contribution in [0.2, 0.25) is 0 Å². The topological polar surface area (TPSA) is 64.3 Å². The Morgan fingerprint density at radius 2 is 1.89 bits per heavy atom. The Hall–Kier alpha value is -1.91. The molecule has 2 rings (SSSR count). The first-order valence-corrected chi connectivity index (χ1v) is 6.36. The lowest BCUT2D eigenvalue weighted by Gasteiger charge is -2.06. The number of carbonyl (C=O) groups excluding carboxylic acids is 1. The first kappa shape index (κ1) is 13.5. The molecule has 2 aromatic carbocycles. The van der Waals surface area contributed by atoms with E-state index in [1.165, 1.54) is 0 Å². The van der Waals surface area contributed by atoms with Gasteiger partial charge in [-0.05, 0) is 22.9 Å². The molecule has 4 heteroatoms. The molecule has 0 saturated carbocycles. The van der Waals surface area contributed by atoms with Crippen molar-refractivity contribution < 1.29 is 9.53 Å². The Kier molecular flexibility index (Phi) is 4.89. The second kappa shape index (κ2) is 6.87. The maximum absolute atomic E-state index is 11.9. The molecule has 0 unspecified atom stereocenters. The van der Waals surface area contributed by atoms with E-state index < -0.39 is 0 Å². The highest BCUT2D eigenvalue weighted by molar-refractivity contribution is 5.98. The van der Waals surface area contributed by atoms with Crippen LogP contribution in [0.15, 0.2) is 42.5 Å². The van der Waals surface area contributed by atoms with E-state index in [0.29, 0.717) is 31.9 Å². The lowest BCUT2D eigenvalue weighted by Crippen LogP contribution is -2.27. The molecule has 3 N–H and O–H groups in total. The average molecular weight is 258 g/mol. The molecule has 4 nitrogen and oxygen atoms in total. The molecule has 0 spiro atoms. The van der Waals surface area contributed by atoms with Gasteiger partial charge in [0.15, 0.2) is 0 Å². The van der Waals surface area contributed by atoms with Crippen molar-refractivity contribution in [1.82, 2.24) is 5.32 Å². The molecular weight excluding hydrogens is 240 g/mol. The van der Waals surface area contributed by atoms with Crippen LogP contribution >= 0.6 is 0 Å². The van der Waals surface area contributed by atoms with Crippen molar-refractivity contribution in [3.05, 3.63) is 48.0 Å². The number of carbonyl (C=O) groups is 1. The largest absolute Gasteiger partial charge is 0.378 e. The summed E-state index contributed by atoms with van der Waals surface area (Å²) < 4.78 is 5.20. The van der Waals surface area contributed by atoms with Crippen LogP contribution in [0.3, 0.4) is 0 Å². The summed E-state index contributed by atoms with van der Waals surface area (Å²) >= 11 is 0. The molecule has 0 saturated heterocycles. The zero-order valence-corrected chi connectivity index (χ0v) is 10.8. The quantitative estimate of drug-likeness (QED) is 0.773. The third-order valence-electron chi connectivity index (χ3n) is 2.81. The first-order chi connectivity index (χ1) is 9.31. The Morgan fingerprint density at radius 3 is 2.68 bits per heavy atom. The molecule has 0 heterocycles. The van der Waals surface area contributed by atoms with E-state index in [4.69, 9.17) is 10.5 Å². The summed E-state index contributed by atoms with van der Waals surface area (Å²) in [6.07, 6.45) is 0. The smallest absolute Gasteiger partial charge is 0.251 e. The number of amides is 1. The number of nitrogens with one attached hydrogen (secondary N) is 1. The Labute approximate surface area is 112 Å². The second-order valence-electron chi connectivity index (χ2n) is 4.22. The van der Waals surface area contributed by atoms with Crippen molar-refractivity contribution in [2.45, 2.75) is 0 Å². The highest BCUT2D eigenvalue weighted by Crippen LogP contribution is 2.15. The normalized spacial score (nSPS) is 10.6. The molecule has 2 aromatic rings. The summed E-state index contributed by atoms with van der Waals surface area (Å²) in [5.41, 5.74) is 5.97. The number of fused-ring (bicyclic) bond motifs is 1. The number of hydrogen-bond acceptors (Lipinski definition) is 3. The van der Waals surface area contributed by atoms with E-state index in [-0.39, 0.29) is 5.91 Å². The van der Waals surface area contributed by atoms with Gasteiger partial charge in [-0.1, -0.05) is 30.3 Å². The number of ether oxygens (including phenoxy) is 1. The van der Waals surface area contributed by atoms with E-state index >= 15 is 0 Å². The van der Waals surface area contributed by atoms with Crippen molar-refractivity contribution in [3.63, 3.8) is 0 Å². The zero-order chi connectivity index (χ0) is 13.5. The number of rotatable bonds is 6. The maximum Gasteiger partial charge on any atom is 0.251 e. The van der Waals surface area contributed by atoms with Crippen LogP contribution in [0.25, 0.3) is 10.8 Å². The van der Waals surface area contributed by atoms with Crippen molar-refractivity contribution in [2.24, 2.45) is 5.73 Å². The van der Waals surface area contributed by atoms with E-state index in [2.05, 4.69) is 5.32 Å². The minimum atomic E-state index is -0.0814. The Bertz CT molecular complexity index is 555. The van der Waals surface area contributed by atoms with Gasteiger partial charge in [-0.15, -0.1) is 0 Å². The van der Waals surface area contributed by atoms with Crippen LogP contribution in [0.1, 0.15) is 10.4 Å². The summed E-state index contributed by atoms with van der Waals surface area (Å²) in [4.78, 5) is 11.9. The molecule has 0 aliphatic rings. The summed E-state index contributed by atoms with van der Waals surface area (Å²) in [5.74, 6) is -0.0814. The number of nitrogens with two attached hydrogens (primary N) is 1. The summed E-state index contributed by atoms with van der Waals surface area (Å²) in [5, 5.41) is 5.01. The minimum Gasteiger partial charge on any atom is -0.378 e. The van der Waals surface area contributed by atoms with E-state index in [9.17, 15) is 4.79 Å². The molecule has 0 atom stereocenters. The van der Waals surface area contributed by atoms with Crippen LogP contribution < -0.4 is 11.1 Å². The summed E-state index contributed by atoms with van der Waals surface area (Å²) in [6, 6.07) is 13.6. The van der Waals surface area contributed by atoms with Crippen LogP contribution in [0.4, 0.5) is 0 Å². The SMILES string of the molecule is NCCOCCNC(=O)c1ccc2ccccc2c1. The highest BCUT2D eigenvalue weighted by Gasteiger charge is 2.05. The Morgan fingerprint density at radius 1 is 1.11 bits per heavy atom. The molecule has 0 aliphatic heterocycles. The lowest BCUT2D eigenvalue weighted by atomic mass is 10.1. The fraction of sp³-hybridized carbons (Fsp3) is 0.267.